The van der Waals surface area contributed by atoms with Gasteiger partial charge in [0.25, 0.3) is 0 Å². The molecule has 0 fully saturated rings. The zero-order valence-electron chi connectivity index (χ0n) is 11.3. The molecule has 0 amide bonds. The van der Waals surface area contributed by atoms with E-state index in [-0.39, 0.29) is 12.2 Å². The summed E-state index contributed by atoms with van der Waals surface area (Å²) in [7, 11) is 3.47. The number of anilines is 1. The summed E-state index contributed by atoms with van der Waals surface area (Å²) < 4.78 is 18.9. The van der Waals surface area contributed by atoms with Crippen LogP contribution >= 0.6 is 0 Å². The van der Waals surface area contributed by atoms with E-state index in [2.05, 4.69) is 4.98 Å². The average molecular weight is 274 g/mol. The summed E-state index contributed by atoms with van der Waals surface area (Å²) in [5.74, 6) is -1.03. The minimum absolute atomic E-state index is 0.0662. The molecule has 0 unspecified atom stereocenters. The molecule has 20 heavy (non-hydrogen) atoms. The van der Waals surface area contributed by atoms with Crippen molar-refractivity contribution in [2.24, 2.45) is 0 Å². The summed E-state index contributed by atoms with van der Waals surface area (Å²) in [6.45, 7) is 0.0662. The highest BCUT2D eigenvalue weighted by atomic mass is 19.1. The molecule has 5 heteroatoms. The largest absolute Gasteiger partial charge is 0.456 e. The van der Waals surface area contributed by atoms with Crippen molar-refractivity contribution >= 4 is 11.7 Å². The van der Waals surface area contributed by atoms with Crippen LogP contribution in [0.2, 0.25) is 0 Å². The van der Waals surface area contributed by atoms with Gasteiger partial charge in [0.05, 0.1) is 16.9 Å². The van der Waals surface area contributed by atoms with Crippen LogP contribution in [0.4, 0.5) is 10.1 Å². The first-order valence-electron chi connectivity index (χ1n) is 6.12. The molecule has 0 atom stereocenters. The van der Waals surface area contributed by atoms with Crippen LogP contribution in [0.15, 0.2) is 42.6 Å². The third-order valence-electron chi connectivity index (χ3n) is 2.74. The Labute approximate surface area is 116 Å². The lowest BCUT2D eigenvalue weighted by Gasteiger charge is -2.13. The van der Waals surface area contributed by atoms with Gasteiger partial charge in [-0.2, -0.15) is 0 Å². The molecule has 1 aromatic heterocycles. The zero-order chi connectivity index (χ0) is 14.5. The molecular formula is C15H15FN2O2. The van der Waals surface area contributed by atoms with Crippen molar-refractivity contribution in [3.8, 4) is 0 Å². The van der Waals surface area contributed by atoms with Crippen LogP contribution in [0.1, 0.15) is 16.1 Å². The van der Waals surface area contributed by atoms with Gasteiger partial charge in [-0.15, -0.1) is 0 Å². The summed E-state index contributed by atoms with van der Waals surface area (Å²) in [5, 5.41) is 0. The first kappa shape index (κ1) is 14.0. The molecule has 104 valence electrons. The standard InChI is InChI=1S/C15H15FN2O2/c1-18(2)14-7-6-11(9-13(14)16)15(19)20-10-12-5-3-4-8-17-12/h3-9H,10H2,1-2H3. The summed E-state index contributed by atoms with van der Waals surface area (Å²) in [5.41, 5.74) is 1.25. The minimum atomic E-state index is -0.570. The fourth-order valence-electron chi connectivity index (χ4n) is 1.70. The van der Waals surface area contributed by atoms with Gasteiger partial charge >= 0.3 is 5.97 Å². The highest BCUT2D eigenvalue weighted by Gasteiger charge is 2.12. The van der Waals surface area contributed by atoms with Crippen molar-refractivity contribution in [1.29, 1.82) is 0 Å². The maximum atomic E-state index is 13.8. The summed E-state index contributed by atoms with van der Waals surface area (Å²) in [6.07, 6.45) is 1.62. The number of pyridine rings is 1. The van der Waals surface area contributed by atoms with Crippen molar-refractivity contribution in [3.05, 3.63) is 59.7 Å². The van der Waals surface area contributed by atoms with E-state index in [4.69, 9.17) is 4.74 Å². The Morgan fingerprint density at radius 1 is 1.30 bits per heavy atom. The van der Waals surface area contributed by atoms with Crippen LogP contribution in [-0.4, -0.2) is 25.0 Å². The third-order valence-corrected chi connectivity index (χ3v) is 2.74. The van der Waals surface area contributed by atoms with Gasteiger partial charge in [-0.05, 0) is 30.3 Å². The zero-order valence-corrected chi connectivity index (χ0v) is 11.3. The van der Waals surface area contributed by atoms with Crippen molar-refractivity contribution in [1.82, 2.24) is 4.98 Å². The van der Waals surface area contributed by atoms with Gasteiger partial charge in [-0.25, -0.2) is 9.18 Å². The molecule has 0 bridgehead atoms. The summed E-state index contributed by atoms with van der Waals surface area (Å²) in [4.78, 5) is 17.5. The fourth-order valence-corrected chi connectivity index (χ4v) is 1.70. The first-order valence-corrected chi connectivity index (χ1v) is 6.12. The highest BCUT2D eigenvalue weighted by molar-refractivity contribution is 5.89. The molecule has 0 aliphatic carbocycles. The van der Waals surface area contributed by atoms with Crippen molar-refractivity contribution in [3.63, 3.8) is 0 Å². The number of benzene rings is 1. The molecular weight excluding hydrogens is 259 g/mol. The lowest BCUT2D eigenvalue weighted by Crippen LogP contribution is -2.12. The number of aromatic nitrogens is 1. The maximum absolute atomic E-state index is 13.8. The van der Waals surface area contributed by atoms with E-state index in [1.165, 1.54) is 6.07 Å². The van der Waals surface area contributed by atoms with E-state index in [0.717, 1.165) is 0 Å². The van der Waals surface area contributed by atoms with Gasteiger partial charge in [0, 0.05) is 20.3 Å². The molecule has 0 N–H and O–H groups in total. The summed E-state index contributed by atoms with van der Waals surface area (Å²) in [6, 6.07) is 9.60. The molecule has 2 aromatic rings. The number of halogens is 1. The smallest absolute Gasteiger partial charge is 0.338 e. The van der Waals surface area contributed by atoms with Crippen LogP contribution in [0.3, 0.4) is 0 Å². The van der Waals surface area contributed by atoms with E-state index in [1.54, 1.807) is 49.5 Å². The Balaban J connectivity index is 2.04. The van der Waals surface area contributed by atoms with Crippen LogP contribution in [0, 0.1) is 5.82 Å². The van der Waals surface area contributed by atoms with E-state index in [0.29, 0.717) is 11.4 Å². The van der Waals surface area contributed by atoms with Gasteiger partial charge < -0.3 is 9.64 Å². The van der Waals surface area contributed by atoms with Crippen molar-refractivity contribution < 1.29 is 13.9 Å². The van der Waals surface area contributed by atoms with Gasteiger partial charge in [0.2, 0.25) is 0 Å². The minimum Gasteiger partial charge on any atom is -0.456 e. The van der Waals surface area contributed by atoms with Crippen molar-refractivity contribution in [2.75, 3.05) is 19.0 Å². The lowest BCUT2D eigenvalue weighted by atomic mass is 10.2. The van der Waals surface area contributed by atoms with E-state index < -0.39 is 11.8 Å². The number of hydrogen-bond donors (Lipinski definition) is 0. The Morgan fingerprint density at radius 2 is 2.10 bits per heavy atom. The van der Waals surface area contributed by atoms with Crippen molar-refractivity contribution in [2.45, 2.75) is 6.61 Å². The molecule has 0 saturated heterocycles. The number of rotatable bonds is 4. The Morgan fingerprint density at radius 3 is 2.70 bits per heavy atom. The second-order valence-corrected chi connectivity index (χ2v) is 4.46. The quantitative estimate of drug-likeness (QED) is 0.804. The molecule has 0 aliphatic rings. The van der Waals surface area contributed by atoms with Crippen LogP contribution < -0.4 is 4.90 Å². The number of carbonyl (C=O) groups is 1. The topological polar surface area (TPSA) is 42.4 Å². The van der Waals surface area contributed by atoms with Gasteiger partial charge in [0.1, 0.15) is 12.4 Å². The van der Waals surface area contributed by atoms with Crippen LogP contribution in [-0.2, 0) is 11.3 Å². The Hall–Kier alpha value is -2.43. The van der Waals surface area contributed by atoms with E-state index in [1.807, 2.05) is 6.07 Å². The molecule has 1 aromatic carbocycles. The molecule has 1 heterocycles. The maximum Gasteiger partial charge on any atom is 0.338 e. The van der Waals surface area contributed by atoms with Gasteiger partial charge in [-0.3, -0.25) is 4.98 Å². The van der Waals surface area contributed by atoms with Gasteiger partial charge in [0.15, 0.2) is 0 Å². The monoisotopic (exact) mass is 274 g/mol. The number of esters is 1. The normalized spacial score (nSPS) is 10.2. The van der Waals surface area contributed by atoms with E-state index in [9.17, 15) is 9.18 Å². The summed E-state index contributed by atoms with van der Waals surface area (Å²) >= 11 is 0. The predicted octanol–water partition coefficient (Wildman–Crippen LogP) is 2.64. The second kappa shape index (κ2) is 6.14. The average Bonchev–Trinajstić information content (AvgIpc) is 2.45. The second-order valence-electron chi connectivity index (χ2n) is 4.46. The fraction of sp³-hybridized carbons (Fsp3) is 0.200. The third kappa shape index (κ3) is 3.32. The lowest BCUT2D eigenvalue weighted by molar-refractivity contribution is 0.0467. The molecule has 0 aliphatic heterocycles. The predicted molar refractivity (Wildman–Crippen MR) is 74.1 cm³/mol. The van der Waals surface area contributed by atoms with E-state index >= 15 is 0 Å². The SMILES string of the molecule is CN(C)c1ccc(C(=O)OCc2ccccn2)cc1F. The molecule has 0 radical (unpaired) electrons. The highest BCUT2D eigenvalue weighted by Crippen LogP contribution is 2.18. The number of nitrogens with zero attached hydrogens (tertiary/aromatic N) is 2. The number of carbonyl (C=O) groups excluding carboxylic acids is 1. The van der Waals surface area contributed by atoms with Gasteiger partial charge in [-0.1, -0.05) is 6.07 Å². The molecule has 0 saturated carbocycles. The molecule has 0 spiro atoms. The number of hydrogen-bond acceptors (Lipinski definition) is 4. The first-order chi connectivity index (χ1) is 9.58. The molecule has 2 rings (SSSR count). The Bertz CT molecular complexity index is 600. The number of ether oxygens (including phenoxy) is 1. The molecule has 4 nitrogen and oxygen atoms in total. The van der Waals surface area contributed by atoms with Crippen LogP contribution in [0.5, 0.6) is 0 Å². The Kier molecular flexibility index (Phi) is 4.30. The van der Waals surface area contributed by atoms with Crippen LogP contribution in [0.25, 0.3) is 0 Å².